The van der Waals surface area contributed by atoms with Gasteiger partial charge < -0.3 is 9.15 Å². The molecular formula is C15H10BrFO4. The molecule has 4 nitrogen and oxygen atoms in total. The number of benzene rings is 1. The number of Topliss-reactive ketones (excluding diaryl/α,β-unsaturated/α-hetero) is 1. The van der Waals surface area contributed by atoms with Crippen LogP contribution in [0.1, 0.15) is 16.1 Å². The first-order chi connectivity index (χ1) is 10.0. The predicted molar refractivity (Wildman–Crippen MR) is 77.1 cm³/mol. The highest BCUT2D eigenvalue weighted by Crippen LogP contribution is 2.15. The fourth-order valence-electron chi connectivity index (χ4n) is 1.50. The molecule has 6 heteroatoms. The standard InChI is InChI=1S/C15H10BrFO4/c16-14-6-4-12(21-14)5-7-15(19)20-9-13(18)10-2-1-3-11(17)8-10/h1-8H,9H2/b7-5+. The summed E-state index contributed by atoms with van der Waals surface area (Å²) in [7, 11) is 0. The first kappa shape index (κ1) is 15.2. The zero-order valence-electron chi connectivity index (χ0n) is 10.7. The molecule has 0 aliphatic carbocycles. The number of halogens is 2. The Bertz CT molecular complexity index is 690. The first-order valence-electron chi connectivity index (χ1n) is 5.93. The van der Waals surface area contributed by atoms with Crippen molar-refractivity contribution in [2.75, 3.05) is 6.61 Å². The van der Waals surface area contributed by atoms with Crippen molar-refractivity contribution in [2.24, 2.45) is 0 Å². The van der Waals surface area contributed by atoms with Gasteiger partial charge in [-0.15, -0.1) is 0 Å². The second-order valence-electron chi connectivity index (χ2n) is 4.02. The van der Waals surface area contributed by atoms with Crippen molar-refractivity contribution >= 4 is 33.8 Å². The molecule has 0 atom stereocenters. The molecule has 1 heterocycles. The van der Waals surface area contributed by atoms with Gasteiger partial charge in [0.1, 0.15) is 11.6 Å². The fraction of sp³-hybridized carbons (Fsp3) is 0.0667. The third-order valence-corrected chi connectivity index (χ3v) is 2.90. The molecule has 0 saturated heterocycles. The summed E-state index contributed by atoms with van der Waals surface area (Å²) >= 11 is 3.13. The van der Waals surface area contributed by atoms with Crippen molar-refractivity contribution in [1.29, 1.82) is 0 Å². The quantitative estimate of drug-likeness (QED) is 0.468. The summed E-state index contributed by atoms with van der Waals surface area (Å²) in [4.78, 5) is 23.1. The van der Waals surface area contributed by atoms with Crippen LogP contribution in [0.5, 0.6) is 0 Å². The van der Waals surface area contributed by atoms with E-state index in [2.05, 4.69) is 15.9 Å². The van der Waals surface area contributed by atoms with E-state index in [1.54, 1.807) is 12.1 Å². The predicted octanol–water partition coefficient (Wildman–Crippen LogP) is 3.62. The Hall–Kier alpha value is -2.21. The lowest BCUT2D eigenvalue weighted by Crippen LogP contribution is -2.12. The highest BCUT2D eigenvalue weighted by Gasteiger charge is 2.09. The molecule has 1 aromatic heterocycles. The molecule has 0 radical (unpaired) electrons. The van der Waals surface area contributed by atoms with Crippen molar-refractivity contribution in [2.45, 2.75) is 0 Å². The monoisotopic (exact) mass is 352 g/mol. The van der Waals surface area contributed by atoms with Gasteiger partial charge in [0.15, 0.2) is 17.1 Å². The number of rotatable bonds is 5. The van der Waals surface area contributed by atoms with Crippen molar-refractivity contribution in [3.63, 3.8) is 0 Å². The molecule has 2 rings (SSSR count). The second-order valence-corrected chi connectivity index (χ2v) is 4.80. The number of furan rings is 1. The molecule has 0 bridgehead atoms. The minimum atomic E-state index is -0.688. The summed E-state index contributed by atoms with van der Waals surface area (Å²) < 4.78 is 23.4. The zero-order chi connectivity index (χ0) is 15.2. The van der Waals surface area contributed by atoms with Crippen LogP contribution in [-0.4, -0.2) is 18.4 Å². The molecule has 21 heavy (non-hydrogen) atoms. The lowest BCUT2D eigenvalue weighted by molar-refractivity contribution is -0.136. The molecule has 0 aliphatic heterocycles. The Labute approximate surface area is 128 Å². The van der Waals surface area contributed by atoms with E-state index in [1.807, 2.05) is 0 Å². The summed E-state index contributed by atoms with van der Waals surface area (Å²) in [6.45, 7) is -0.450. The molecule has 0 fully saturated rings. The van der Waals surface area contributed by atoms with Crippen molar-refractivity contribution in [3.05, 3.63) is 64.3 Å². The molecule has 0 saturated carbocycles. The highest BCUT2D eigenvalue weighted by molar-refractivity contribution is 9.10. The number of carbonyl (C=O) groups excluding carboxylic acids is 2. The van der Waals surface area contributed by atoms with E-state index in [9.17, 15) is 14.0 Å². The Morgan fingerprint density at radius 3 is 2.76 bits per heavy atom. The maximum Gasteiger partial charge on any atom is 0.331 e. The largest absolute Gasteiger partial charge is 0.454 e. The Morgan fingerprint density at radius 1 is 1.29 bits per heavy atom. The zero-order valence-corrected chi connectivity index (χ0v) is 12.3. The van der Waals surface area contributed by atoms with Gasteiger partial charge in [-0.1, -0.05) is 12.1 Å². The summed E-state index contributed by atoms with van der Waals surface area (Å²) in [6.07, 6.45) is 2.56. The van der Waals surface area contributed by atoms with Gasteiger partial charge in [-0.2, -0.15) is 0 Å². The van der Waals surface area contributed by atoms with Gasteiger partial charge in [0, 0.05) is 11.6 Å². The molecule has 0 unspecified atom stereocenters. The maximum absolute atomic E-state index is 13.0. The van der Waals surface area contributed by atoms with Gasteiger partial charge in [-0.25, -0.2) is 9.18 Å². The van der Waals surface area contributed by atoms with Crippen LogP contribution in [0.25, 0.3) is 6.08 Å². The van der Waals surface area contributed by atoms with E-state index >= 15 is 0 Å². The lowest BCUT2D eigenvalue weighted by atomic mass is 10.1. The molecule has 1 aromatic carbocycles. The van der Waals surface area contributed by atoms with Gasteiger partial charge in [0.05, 0.1) is 0 Å². The van der Waals surface area contributed by atoms with E-state index < -0.39 is 24.2 Å². The van der Waals surface area contributed by atoms with Crippen LogP contribution in [0.2, 0.25) is 0 Å². The van der Waals surface area contributed by atoms with Crippen LogP contribution < -0.4 is 0 Å². The van der Waals surface area contributed by atoms with E-state index in [-0.39, 0.29) is 5.56 Å². The molecule has 0 aliphatic rings. The minimum absolute atomic E-state index is 0.154. The van der Waals surface area contributed by atoms with Crippen LogP contribution in [0.4, 0.5) is 4.39 Å². The van der Waals surface area contributed by atoms with Crippen LogP contribution in [0, 0.1) is 5.82 Å². The molecule has 0 spiro atoms. The Kier molecular flexibility index (Phi) is 5.05. The summed E-state index contributed by atoms with van der Waals surface area (Å²) in [6, 6.07) is 8.53. The first-order valence-corrected chi connectivity index (χ1v) is 6.73. The smallest absolute Gasteiger partial charge is 0.331 e. The van der Waals surface area contributed by atoms with E-state index in [0.29, 0.717) is 10.4 Å². The summed E-state index contributed by atoms with van der Waals surface area (Å²) in [5, 5.41) is 0. The summed E-state index contributed by atoms with van der Waals surface area (Å²) in [5.74, 6) is -1.21. The van der Waals surface area contributed by atoms with Crippen LogP contribution in [0.3, 0.4) is 0 Å². The van der Waals surface area contributed by atoms with Gasteiger partial charge in [0.2, 0.25) is 0 Å². The Morgan fingerprint density at radius 2 is 2.10 bits per heavy atom. The topological polar surface area (TPSA) is 56.5 Å². The van der Waals surface area contributed by atoms with E-state index in [1.165, 1.54) is 24.3 Å². The van der Waals surface area contributed by atoms with Gasteiger partial charge in [-0.3, -0.25) is 4.79 Å². The average Bonchev–Trinajstić information content (AvgIpc) is 2.88. The average molecular weight is 353 g/mol. The van der Waals surface area contributed by atoms with Gasteiger partial charge in [-0.05, 0) is 46.3 Å². The normalized spacial score (nSPS) is 10.8. The molecule has 0 amide bonds. The van der Waals surface area contributed by atoms with Crippen LogP contribution in [-0.2, 0) is 9.53 Å². The number of ether oxygens (including phenoxy) is 1. The molecule has 108 valence electrons. The highest BCUT2D eigenvalue weighted by atomic mass is 79.9. The second kappa shape index (κ2) is 6.99. The molecular weight excluding hydrogens is 343 g/mol. The number of ketones is 1. The SMILES string of the molecule is O=C(/C=C/c1ccc(Br)o1)OCC(=O)c1cccc(F)c1. The van der Waals surface area contributed by atoms with Crippen LogP contribution >= 0.6 is 15.9 Å². The number of hydrogen-bond donors (Lipinski definition) is 0. The van der Waals surface area contributed by atoms with Crippen LogP contribution in [0.15, 0.2) is 51.6 Å². The van der Waals surface area contributed by atoms with Gasteiger partial charge >= 0.3 is 5.97 Å². The third-order valence-electron chi connectivity index (χ3n) is 2.47. The lowest BCUT2D eigenvalue weighted by Gasteiger charge is -2.01. The fourth-order valence-corrected chi connectivity index (χ4v) is 1.82. The van der Waals surface area contributed by atoms with Crippen molar-refractivity contribution in [1.82, 2.24) is 0 Å². The number of hydrogen-bond acceptors (Lipinski definition) is 4. The van der Waals surface area contributed by atoms with Gasteiger partial charge in [0.25, 0.3) is 0 Å². The van der Waals surface area contributed by atoms with Crippen molar-refractivity contribution in [3.8, 4) is 0 Å². The minimum Gasteiger partial charge on any atom is -0.454 e. The Balaban J connectivity index is 1.86. The molecule has 0 N–H and O–H groups in total. The van der Waals surface area contributed by atoms with E-state index in [0.717, 1.165) is 12.1 Å². The maximum atomic E-state index is 13.0. The number of esters is 1. The molecule has 2 aromatic rings. The van der Waals surface area contributed by atoms with E-state index in [4.69, 9.17) is 9.15 Å². The third kappa shape index (κ3) is 4.68. The number of carbonyl (C=O) groups is 2. The summed E-state index contributed by atoms with van der Waals surface area (Å²) in [5.41, 5.74) is 0.154. The van der Waals surface area contributed by atoms with Crippen molar-refractivity contribution < 1.29 is 23.1 Å².